The summed E-state index contributed by atoms with van der Waals surface area (Å²) in [6.45, 7) is 0. The van der Waals surface area contributed by atoms with Crippen molar-refractivity contribution in [2.24, 2.45) is 0 Å². The normalized spacial score (nSPS) is 10.5. The van der Waals surface area contributed by atoms with E-state index in [1.165, 1.54) is 12.4 Å². The molecule has 1 amide bonds. The highest BCUT2D eigenvalue weighted by molar-refractivity contribution is 6.35. The number of aromatic nitrogens is 3. The van der Waals surface area contributed by atoms with E-state index in [1.54, 1.807) is 24.3 Å². The quantitative estimate of drug-likeness (QED) is 0.758. The number of hydrogen-bond donors (Lipinski definition) is 2. The van der Waals surface area contributed by atoms with Crippen molar-refractivity contribution in [1.82, 2.24) is 15.0 Å². The lowest BCUT2D eigenvalue weighted by atomic mass is 10.2. The summed E-state index contributed by atoms with van der Waals surface area (Å²) in [5.41, 5.74) is 6.36. The molecule has 7 heteroatoms. The molecule has 0 radical (unpaired) electrons. The van der Waals surface area contributed by atoms with E-state index in [1.807, 2.05) is 6.07 Å². The number of fused-ring (bicyclic) bond motifs is 1. The highest BCUT2D eigenvalue weighted by Gasteiger charge is 2.13. The molecule has 0 aliphatic carbocycles. The van der Waals surface area contributed by atoms with Gasteiger partial charge in [-0.15, -0.1) is 0 Å². The van der Waals surface area contributed by atoms with Crippen LogP contribution in [0.3, 0.4) is 0 Å². The number of nitrogen functional groups attached to an aromatic ring is 1. The monoisotopic (exact) mass is 299 g/mol. The topological polar surface area (TPSA) is 93.8 Å². The summed E-state index contributed by atoms with van der Waals surface area (Å²) in [6.07, 6.45) is 2.82. The molecular formula is C14H10ClN5O. The number of halogens is 1. The van der Waals surface area contributed by atoms with Gasteiger partial charge >= 0.3 is 0 Å². The summed E-state index contributed by atoms with van der Waals surface area (Å²) >= 11 is 6.07. The Morgan fingerprint density at radius 3 is 2.76 bits per heavy atom. The lowest BCUT2D eigenvalue weighted by molar-refractivity contribution is 0.102. The number of benzene rings is 1. The predicted molar refractivity (Wildman–Crippen MR) is 81.2 cm³/mol. The van der Waals surface area contributed by atoms with Crippen LogP contribution < -0.4 is 11.1 Å². The number of anilines is 2. The molecular weight excluding hydrogens is 290 g/mol. The molecule has 3 aromatic rings. The SMILES string of the molecule is Nc1nccnc1C(=O)Nc1ccc2c(Cl)cccc2n1. The summed E-state index contributed by atoms with van der Waals surface area (Å²) in [6, 6.07) is 8.85. The molecule has 6 nitrogen and oxygen atoms in total. The minimum Gasteiger partial charge on any atom is -0.382 e. The number of carbonyl (C=O) groups is 1. The van der Waals surface area contributed by atoms with E-state index in [2.05, 4.69) is 20.3 Å². The Labute approximate surface area is 125 Å². The van der Waals surface area contributed by atoms with Gasteiger partial charge < -0.3 is 11.1 Å². The third kappa shape index (κ3) is 2.61. The van der Waals surface area contributed by atoms with Crippen molar-refractivity contribution < 1.29 is 4.79 Å². The Bertz CT molecular complexity index is 836. The maximum Gasteiger partial charge on any atom is 0.279 e. The number of hydrogen-bond acceptors (Lipinski definition) is 5. The molecule has 0 bridgehead atoms. The first-order valence-electron chi connectivity index (χ1n) is 6.08. The molecule has 104 valence electrons. The standard InChI is InChI=1S/C14H10ClN5O/c15-9-2-1-3-10-8(9)4-5-11(19-10)20-14(21)12-13(16)18-7-6-17-12/h1-7H,(H2,16,18)(H,19,20,21). The van der Waals surface area contributed by atoms with Crippen LogP contribution >= 0.6 is 11.6 Å². The number of pyridine rings is 1. The fourth-order valence-electron chi connectivity index (χ4n) is 1.89. The second-order valence-corrected chi connectivity index (χ2v) is 4.65. The highest BCUT2D eigenvalue weighted by Crippen LogP contribution is 2.23. The number of rotatable bonds is 2. The number of nitrogens with one attached hydrogen (secondary N) is 1. The largest absolute Gasteiger partial charge is 0.382 e. The van der Waals surface area contributed by atoms with Gasteiger partial charge in [0.2, 0.25) is 0 Å². The summed E-state index contributed by atoms with van der Waals surface area (Å²) < 4.78 is 0. The second-order valence-electron chi connectivity index (χ2n) is 4.25. The van der Waals surface area contributed by atoms with Crippen LogP contribution in [0.25, 0.3) is 10.9 Å². The average molecular weight is 300 g/mol. The molecule has 21 heavy (non-hydrogen) atoms. The van der Waals surface area contributed by atoms with Gasteiger partial charge in [-0.25, -0.2) is 15.0 Å². The zero-order chi connectivity index (χ0) is 14.8. The van der Waals surface area contributed by atoms with Gasteiger partial charge in [0.25, 0.3) is 5.91 Å². The van der Waals surface area contributed by atoms with Gasteiger partial charge in [0.05, 0.1) is 5.52 Å². The minimum atomic E-state index is -0.463. The molecule has 0 fully saturated rings. The Morgan fingerprint density at radius 2 is 1.95 bits per heavy atom. The van der Waals surface area contributed by atoms with Crippen molar-refractivity contribution in [3.05, 3.63) is 53.4 Å². The molecule has 3 rings (SSSR count). The van der Waals surface area contributed by atoms with Crippen LogP contribution in [0.5, 0.6) is 0 Å². The van der Waals surface area contributed by atoms with Gasteiger partial charge in [-0.05, 0) is 24.3 Å². The number of nitrogens with two attached hydrogens (primary N) is 1. The van der Waals surface area contributed by atoms with Crippen LogP contribution in [0.15, 0.2) is 42.7 Å². The summed E-state index contributed by atoms with van der Waals surface area (Å²) in [5, 5.41) is 4.06. The first kappa shape index (κ1) is 13.3. The van der Waals surface area contributed by atoms with Gasteiger partial charge in [-0.2, -0.15) is 0 Å². The van der Waals surface area contributed by atoms with Crippen molar-refractivity contribution in [1.29, 1.82) is 0 Å². The second kappa shape index (κ2) is 5.34. The first-order chi connectivity index (χ1) is 10.1. The van der Waals surface area contributed by atoms with E-state index >= 15 is 0 Å². The van der Waals surface area contributed by atoms with E-state index in [4.69, 9.17) is 17.3 Å². The van der Waals surface area contributed by atoms with Gasteiger partial charge in [-0.3, -0.25) is 4.79 Å². The van der Waals surface area contributed by atoms with Crippen LogP contribution in [0.2, 0.25) is 5.02 Å². The molecule has 2 aromatic heterocycles. The van der Waals surface area contributed by atoms with E-state index in [0.717, 1.165) is 5.39 Å². The van der Waals surface area contributed by atoms with Crippen molar-refractivity contribution >= 4 is 40.0 Å². The van der Waals surface area contributed by atoms with Gasteiger partial charge in [0.15, 0.2) is 11.5 Å². The molecule has 0 spiro atoms. The van der Waals surface area contributed by atoms with Crippen molar-refractivity contribution in [2.75, 3.05) is 11.1 Å². The van der Waals surface area contributed by atoms with Crippen LogP contribution in [0.4, 0.5) is 11.6 Å². The zero-order valence-corrected chi connectivity index (χ0v) is 11.5. The van der Waals surface area contributed by atoms with Gasteiger partial charge in [0.1, 0.15) is 5.82 Å². The highest BCUT2D eigenvalue weighted by atomic mass is 35.5. The number of amides is 1. The van der Waals surface area contributed by atoms with Crippen LogP contribution in [0.1, 0.15) is 10.5 Å². The Kier molecular flexibility index (Phi) is 3.37. The first-order valence-corrected chi connectivity index (χ1v) is 6.46. The van der Waals surface area contributed by atoms with Crippen molar-refractivity contribution in [3.63, 3.8) is 0 Å². The fourth-order valence-corrected chi connectivity index (χ4v) is 2.12. The Hall–Kier alpha value is -2.73. The molecule has 0 aliphatic heterocycles. The van der Waals surface area contributed by atoms with E-state index in [0.29, 0.717) is 16.4 Å². The van der Waals surface area contributed by atoms with E-state index in [9.17, 15) is 4.79 Å². The Balaban J connectivity index is 1.92. The van der Waals surface area contributed by atoms with Crippen molar-refractivity contribution in [3.8, 4) is 0 Å². The molecule has 0 saturated carbocycles. The fraction of sp³-hybridized carbons (Fsp3) is 0. The molecule has 0 saturated heterocycles. The lowest BCUT2D eigenvalue weighted by Crippen LogP contribution is -2.17. The number of nitrogens with zero attached hydrogens (tertiary/aromatic N) is 3. The summed E-state index contributed by atoms with van der Waals surface area (Å²) in [5.74, 6) is -0.00636. The molecule has 0 aliphatic rings. The molecule has 0 unspecified atom stereocenters. The minimum absolute atomic E-state index is 0.0606. The maximum absolute atomic E-state index is 12.1. The molecule has 2 heterocycles. The van der Waals surface area contributed by atoms with E-state index < -0.39 is 5.91 Å². The summed E-state index contributed by atoms with van der Waals surface area (Å²) in [7, 11) is 0. The molecule has 0 atom stereocenters. The van der Waals surface area contributed by atoms with E-state index in [-0.39, 0.29) is 11.5 Å². The average Bonchev–Trinajstić information content (AvgIpc) is 2.48. The Morgan fingerprint density at radius 1 is 1.14 bits per heavy atom. The molecule has 3 N–H and O–H groups in total. The maximum atomic E-state index is 12.1. The van der Waals surface area contributed by atoms with Gasteiger partial charge in [0, 0.05) is 22.8 Å². The van der Waals surface area contributed by atoms with Gasteiger partial charge in [-0.1, -0.05) is 17.7 Å². The third-order valence-electron chi connectivity index (χ3n) is 2.86. The summed E-state index contributed by atoms with van der Waals surface area (Å²) in [4.78, 5) is 24.1. The predicted octanol–water partition coefficient (Wildman–Crippen LogP) is 2.51. The smallest absolute Gasteiger partial charge is 0.279 e. The van der Waals surface area contributed by atoms with Crippen LogP contribution in [-0.2, 0) is 0 Å². The third-order valence-corrected chi connectivity index (χ3v) is 3.19. The van der Waals surface area contributed by atoms with Crippen LogP contribution in [-0.4, -0.2) is 20.9 Å². The lowest BCUT2D eigenvalue weighted by Gasteiger charge is -2.06. The van der Waals surface area contributed by atoms with Crippen molar-refractivity contribution in [2.45, 2.75) is 0 Å². The van der Waals surface area contributed by atoms with Crippen LogP contribution in [0, 0.1) is 0 Å². The number of carbonyl (C=O) groups excluding carboxylic acids is 1. The molecule has 1 aromatic carbocycles. The zero-order valence-electron chi connectivity index (χ0n) is 10.7.